The first-order chi connectivity index (χ1) is 5.02. The molecule has 0 bridgehead atoms. The lowest BCUT2D eigenvalue weighted by Gasteiger charge is -2.18. The van der Waals surface area contributed by atoms with Crippen molar-refractivity contribution in [2.75, 3.05) is 0 Å². The first-order valence-electron chi connectivity index (χ1n) is 3.93. The van der Waals surface area contributed by atoms with Crippen molar-refractivity contribution in [2.24, 2.45) is 0 Å². The van der Waals surface area contributed by atoms with Crippen LogP contribution in [0, 0.1) is 0 Å². The second kappa shape index (κ2) is 2.67. The maximum absolute atomic E-state index is 3.99. The SMILES string of the molecule is CC(C)(C)c1ccccc1[NH3+]. The number of quaternary nitrogens is 1. The van der Waals surface area contributed by atoms with E-state index in [1.807, 2.05) is 6.07 Å². The highest BCUT2D eigenvalue weighted by molar-refractivity contribution is 5.42. The summed E-state index contributed by atoms with van der Waals surface area (Å²) in [4.78, 5) is 0. The van der Waals surface area contributed by atoms with E-state index >= 15 is 0 Å². The molecule has 1 aromatic carbocycles. The van der Waals surface area contributed by atoms with E-state index in [-0.39, 0.29) is 5.41 Å². The second-order valence-electron chi connectivity index (χ2n) is 3.91. The summed E-state index contributed by atoms with van der Waals surface area (Å²) in [5.41, 5.74) is 6.68. The van der Waals surface area contributed by atoms with Crippen LogP contribution in [0.15, 0.2) is 24.3 Å². The van der Waals surface area contributed by atoms with Crippen molar-refractivity contribution in [1.29, 1.82) is 0 Å². The monoisotopic (exact) mass is 150 g/mol. The molecule has 3 N–H and O–H groups in total. The Bertz CT molecular complexity index is 245. The lowest BCUT2D eigenvalue weighted by molar-refractivity contribution is -0.256. The predicted octanol–water partition coefficient (Wildman–Crippen LogP) is 1.86. The zero-order valence-electron chi connectivity index (χ0n) is 7.52. The third-order valence-electron chi connectivity index (χ3n) is 1.83. The molecule has 1 rings (SSSR count). The fraction of sp³-hybridized carbons (Fsp3) is 0.400. The van der Waals surface area contributed by atoms with E-state index in [4.69, 9.17) is 0 Å². The molecule has 0 unspecified atom stereocenters. The van der Waals surface area contributed by atoms with Gasteiger partial charge in [-0.05, 0) is 11.5 Å². The van der Waals surface area contributed by atoms with Crippen LogP contribution < -0.4 is 5.73 Å². The molecule has 0 spiro atoms. The lowest BCUT2D eigenvalue weighted by atomic mass is 9.86. The highest BCUT2D eigenvalue weighted by Crippen LogP contribution is 2.25. The molecule has 0 amide bonds. The van der Waals surface area contributed by atoms with Crippen molar-refractivity contribution in [3.63, 3.8) is 0 Å². The molecule has 0 aromatic heterocycles. The molecule has 0 saturated heterocycles. The molecule has 0 aliphatic carbocycles. The maximum Gasteiger partial charge on any atom is 0.131 e. The van der Waals surface area contributed by atoms with Gasteiger partial charge in [-0.2, -0.15) is 0 Å². The number of benzene rings is 1. The normalized spacial score (nSPS) is 11.6. The lowest BCUT2D eigenvalue weighted by Crippen LogP contribution is -2.42. The summed E-state index contributed by atoms with van der Waals surface area (Å²) in [7, 11) is 0. The van der Waals surface area contributed by atoms with Gasteiger partial charge in [-0.3, -0.25) is 0 Å². The van der Waals surface area contributed by atoms with Crippen LogP contribution in [0.25, 0.3) is 0 Å². The number of hydrogen-bond acceptors (Lipinski definition) is 0. The smallest absolute Gasteiger partial charge is 0.131 e. The molecule has 1 heteroatoms. The minimum Gasteiger partial charge on any atom is -0.325 e. The molecule has 0 radical (unpaired) electrons. The predicted molar refractivity (Wildman–Crippen MR) is 47.7 cm³/mol. The Morgan fingerprint density at radius 2 is 1.64 bits per heavy atom. The molecular formula is C10H16N+. The third-order valence-corrected chi connectivity index (χ3v) is 1.83. The maximum atomic E-state index is 3.99. The Labute approximate surface area is 68.2 Å². The van der Waals surface area contributed by atoms with E-state index in [1.54, 1.807) is 0 Å². The molecule has 0 fully saturated rings. The van der Waals surface area contributed by atoms with E-state index in [2.05, 4.69) is 44.7 Å². The zero-order chi connectivity index (χ0) is 8.48. The molecule has 0 aliphatic rings. The molecule has 1 aromatic rings. The van der Waals surface area contributed by atoms with Gasteiger partial charge in [0.2, 0.25) is 0 Å². The van der Waals surface area contributed by atoms with Gasteiger partial charge >= 0.3 is 0 Å². The summed E-state index contributed by atoms with van der Waals surface area (Å²) in [6.07, 6.45) is 0. The highest BCUT2D eigenvalue weighted by Gasteiger charge is 2.17. The standard InChI is InChI=1S/C10H15N/c1-10(2,3)8-6-4-5-7-9(8)11/h4-7H,11H2,1-3H3/p+1. The van der Waals surface area contributed by atoms with Gasteiger partial charge in [-0.25, -0.2) is 0 Å². The van der Waals surface area contributed by atoms with Crippen LogP contribution in [-0.4, -0.2) is 0 Å². The van der Waals surface area contributed by atoms with Crippen LogP contribution in [0.4, 0.5) is 5.69 Å². The summed E-state index contributed by atoms with van der Waals surface area (Å²) in [6.45, 7) is 6.62. The largest absolute Gasteiger partial charge is 0.325 e. The Kier molecular flexibility index (Phi) is 2.01. The highest BCUT2D eigenvalue weighted by atomic mass is 14.6. The second-order valence-corrected chi connectivity index (χ2v) is 3.91. The van der Waals surface area contributed by atoms with E-state index in [0.29, 0.717) is 0 Å². The molecule has 0 saturated carbocycles. The molecule has 0 heterocycles. The van der Waals surface area contributed by atoms with Crippen LogP contribution in [0.2, 0.25) is 0 Å². The van der Waals surface area contributed by atoms with Gasteiger partial charge in [-0.15, -0.1) is 0 Å². The fourth-order valence-electron chi connectivity index (χ4n) is 1.25. The Morgan fingerprint density at radius 1 is 1.09 bits per heavy atom. The van der Waals surface area contributed by atoms with Gasteiger partial charge in [0, 0.05) is 5.56 Å². The van der Waals surface area contributed by atoms with Gasteiger partial charge in [-0.1, -0.05) is 39.0 Å². The molecule has 1 nitrogen and oxygen atoms in total. The Balaban J connectivity index is 3.14. The average Bonchev–Trinajstić information content (AvgIpc) is 1.86. The number of rotatable bonds is 0. The summed E-state index contributed by atoms with van der Waals surface area (Å²) < 4.78 is 0. The Morgan fingerprint density at radius 3 is 2.00 bits per heavy atom. The van der Waals surface area contributed by atoms with Gasteiger partial charge in [0.1, 0.15) is 5.69 Å². The van der Waals surface area contributed by atoms with E-state index < -0.39 is 0 Å². The topological polar surface area (TPSA) is 27.6 Å². The molecule has 60 valence electrons. The van der Waals surface area contributed by atoms with Crippen LogP contribution in [0.3, 0.4) is 0 Å². The third kappa shape index (κ3) is 1.81. The Hall–Kier alpha value is -0.820. The van der Waals surface area contributed by atoms with Crippen molar-refractivity contribution >= 4 is 5.69 Å². The zero-order valence-corrected chi connectivity index (χ0v) is 7.52. The van der Waals surface area contributed by atoms with Crippen molar-refractivity contribution in [3.8, 4) is 0 Å². The van der Waals surface area contributed by atoms with Crippen molar-refractivity contribution < 1.29 is 5.73 Å². The van der Waals surface area contributed by atoms with Crippen LogP contribution in [0.1, 0.15) is 26.3 Å². The summed E-state index contributed by atoms with van der Waals surface area (Å²) >= 11 is 0. The number of hydrogen-bond donors (Lipinski definition) is 1. The molecule has 0 atom stereocenters. The van der Waals surface area contributed by atoms with Crippen molar-refractivity contribution in [1.82, 2.24) is 0 Å². The summed E-state index contributed by atoms with van der Waals surface area (Å²) in [5, 5.41) is 0. The van der Waals surface area contributed by atoms with Crippen LogP contribution in [0.5, 0.6) is 0 Å². The van der Waals surface area contributed by atoms with Crippen LogP contribution >= 0.6 is 0 Å². The van der Waals surface area contributed by atoms with Gasteiger partial charge < -0.3 is 5.73 Å². The van der Waals surface area contributed by atoms with E-state index in [1.165, 1.54) is 5.56 Å². The first-order valence-corrected chi connectivity index (χ1v) is 3.93. The molecule has 11 heavy (non-hydrogen) atoms. The van der Waals surface area contributed by atoms with Gasteiger partial charge in [0.25, 0.3) is 0 Å². The van der Waals surface area contributed by atoms with E-state index in [0.717, 1.165) is 5.69 Å². The quantitative estimate of drug-likeness (QED) is 0.584. The van der Waals surface area contributed by atoms with Gasteiger partial charge in [0.15, 0.2) is 0 Å². The molecule has 0 aliphatic heterocycles. The fourth-order valence-corrected chi connectivity index (χ4v) is 1.25. The molecular weight excluding hydrogens is 134 g/mol. The van der Waals surface area contributed by atoms with Crippen LogP contribution in [-0.2, 0) is 5.41 Å². The van der Waals surface area contributed by atoms with Gasteiger partial charge in [0.05, 0.1) is 0 Å². The van der Waals surface area contributed by atoms with Crippen molar-refractivity contribution in [2.45, 2.75) is 26.2 Å². The minimum atomic E-state index is 0.221. The summed E-state index contributed by atoms with van der Waals surface area (Å²) in [5.74, 6) is 0. The minimum absolute atomic E-state index is 0.221. The first kappa shape index (κ1) is 8.28. The van der Waals surface area contributed by atoms with Crippen molar-refractivity contribution in [3.05, 3.63) is 29.8 Å². The average molecular weight is 150 g/mol. The summed E-state index contributed by atoms with van der Waals surface area (Å²) in [6, 6.07) is 8.29. The van der Waals surface area contributed by atoms with E-state index in [9.17, 15) is 0 Å².